The third kappa shape index (κ3) is 5.53. The van der Waals surface area contributed by atoms with Crippen LogP contribution in [0.4, 0.5) is 5.69 Å². The van der Waals surface area contributed by atoms with Crippen LogP contribution in [-0.2, 0) is 0 Å². The molecule has 25 heavy (non-hydrogen) atoms. The topological polar surface area (TPSA) is 51.8 Å². The van der Waals surface area contributed by atoms with Gasteiger partial charge in [-0.15, -0.1) is 0 Å². The van der Waals surface area contributed by atoms with E-state index < -0.39 is 0 Å². The molecule has 0 aliphatic carbocycles. The van der Waals surface area contributed by atoms with Gasteiger partial charge in [-0.1, -0.05) is 12.1 Å². The molecule has 0 saturated carbocycles. The van der Waals surface area contributed by atoms with Gasteiger partial charge in [-0.05, 0) is 43.8 Å². The molecule has 2 aromatic carbocycles. The highest BCUT2D eigenvalue weighted by molar-refractivity contribution is 7.80. The summed E-state index contributed by atoms with van der Waals surface area (Å²) in [4.78, 5) is 0. The molecule has 5 nitrogen and oxygen atoms in total. The summed E-state index contributed by atoms with van der Waals surface area (Å²) in [6, 6.07) is 13.6. The summed E-state index contributed by atoms with van der Waals surface area (Å²) in [6.45, 7) is 4.68. The zero-order valence-electron chi connectivity index (χ0n) is 15.0. The molecule has 0 aromatic heterocycles. The summed E-state index contributed by atoms with van der Waals surface area (Å²) in [6.07, 6.45) is 0. The zero-order valence-corrected chi connectivity index (χ0v) is 15.8. The van der Waals surface area contributed by atoms with E-state index in [1.807, 2.05) is 49.4 Å². The second-order valence-electron chi connectivity index (χ2n) is 5.42. The first-order valence-corrected chi connectivity index (χ1v) is 8.50. The third-order valence-electron chi connectivity index (χ3n) is 3.65. The Balaban J connectivity index is 1.99. The Labute approximate surface area is 154 Å². The fraction of sp³-hybridized carbons (Fsp3) is 0.316. The molecule has 0 heterocycles. The summed E-state index contributed by atoms with van der Waals surface area (Å²) in [7, 11) is 3.23. The lowest BCUT2D eigenvalue weighted by Gasteiger charge is -2.18. The van der Waals surface area contributed by atoms with Crippen molar-refractivity contribution in [2.24, 2.45) is 0 Å². The first-order valence-electron chi connectivity index (χ1n) is 8.09. The monoisotopic (exact) mass is 360 g/mol. The Morgan fingerprint density at radius 1 is 1.00 bits per heavy atom. The van der Waals surface area contributed by atoms with Crippen LogP contribution in [0.25, 0.3) is 0 Å². The Bertz CT molecular complexity index is 682. The van der Waals surface area contributed by atoms with E-state index in [0.717, 1.165) is 17.0 Å². The molecule has 1 unspecified atom stereocenters. The number of benzene rings is 2. The highest BCUT2D eigenvalue weighted by atomic mass is 32.1. The minimum Gasteiger partial charge on any atom is -0.497 e. The fourth-order valence-corrected chi connectivity index (χ4v) is 2.64. The van der Waals surface area contributed by atoms with Crippen molar-refractivity contribution in [2.75, 3.05) is 26.1 Å². The largest absolute Gasteiger partial charge is 0.497 e. The predicted octanol–water partition coefficient (Wildman–Crippen LogP) is 4.15. The predicted molar refractivity (Wildman–Crippen MR) is 105 cm³/mol. The Hall–Kier alpha value is -2.47. The highest BCUT2D eigenvalue weighted by Crippen LogP contribution is 2.26. The van der Waals surface area contributed by atoms with Gasteiger partial charge in [0.25, 0.3) is 0 Å². The maximum Gasteiger partial charge on any atom is 0.171 e. The molecule has 0 saturated heterocycles. The third-order valence-corrected chi connectivity index (χ3v) is 3.87. The lowest BCUT2D eigenvalue weighted by molar-refractivity contribution is 0.340. The van der Waals surface area contributed by atoms with E-state index in [2.05, 4.69) is 17.6 Å². The summed E-state index contributed by atoms with van der Waals surface area (Å²) >= 11 is 5.41. The van der Waals surface area contributed by atoms with Crippen LogP contribution < -0.4 is 24.8 Å². The van der Waals surface area contributed by atoms with Crippen molar-refractivity contribution in [3.8, 4) is 17.2 Å². The molecule has 134 valence electrons. The van der Waals surface area contributed by atoms with Crippen molar-refractivity contribution >= 4 is 23.0 Å². The Kier molecular flexibility index (Phi) is 6.89. The van der Waals surface area contributed by atoms with Crippen LogP contribution in [0.5, 0.6) is 17.2 Å². The van der Waals surface area contributed by atoms with Gasteiger partial charge in [0.2, 0.25) is 0 Å². The van der Waals surface area contributed by atoms with Crippen LogP contribution in [-0.4, -0.2) is 25.9 Å². The molecular formula is C19H24N2O3S. The van der Waals surface area contributed by atoms with E-state index in [4.69, 9.17) is 26.4 Å². The Morgan fingerprint density at radius 2 is 1.60 bits per heavy atom. The molecule has 0 radical (unpaired) electrons. The number of hydrogen-bond acceptors (Lipinski definition) is 4. The van der Waals surface area contributed by atoms with Crippen LogP contribution in [0.15, 0.2) is 42.5 Å². The van der Waals surface area contributed by atoms with Crippen LogP contribution in [0.3, 0.4) is 0 Å². The Morgan fingerprint density at radius 3 is 2.12 bits per heavy atom. The van der Waals surface area contributed by atoms with Gasteiger partial charge < -0.3 is 24.8 Å². The maximum atomic E-state index is 5.46. The van der Waals surface area contributed by atoms with Gasteiger partial charge in [0.05, 0.1) is 26.9 Å². The number of nitrogens with one attached hydrogen (secondary N) is 2. The zero-order chi connectivity index (χ0) is 18.2. The SMILES string of the molecule is CCOc1ccc(C(C)NC(=S)Nc2cc(OC)cc(OC)c2)cc1. The van der Waals surface area contributed by atoms with Crippen LogP contribution in [0.1, 0.15) is 25.5 Å². The summed E-state index contributed by atoms with van der Waals surface area (Å²) in [5.41, 5.74) is 1.92. The van der Waals surface area contributed by atoms with E-state index in [1.165, 1.54) is 0 Å². The number of thiocarbonyl (C=S) groups is 1. The van der Waals surface area contributed by atoms with Gasteiger partial charge in [0, 0.05) is 23.9 Å². The van der Waals surface area contributed by atoms with Crippen molar-refractivity contribution in [3.63, 3.8) is 0 Å². The van der Waals surface area contributed by atoms with Gasteiger partial charge in [-0.25, -0.2) is 0 Å². The molecule has 0 fully saturated rings. The molecular weight excluding hydrogens is 336 g/mol. The van der Waals surface area contributed by atoms with E-state index in [0.29, 0.717) is 23.2 Å². The van der Waals surface area contributed by atoms with Crippen LogP contribution in [0.2, 0.25) is 0 Å². The van der Waals surface area contributed by atoms with Crippen LogP contribution >= 0.6 is 12.2 Å². The lowest BCUT2D eigenvalue weighted by atomic mass is 10.1. The smallest absolute Gasteiger partial charge is 0.171 e. The van der Waals surface area contributed by atoms with Gasteiger partial charge in [-0.2, -0.15) is 0 Å². The van der Waals surface area contributed by atoms with Crippen molar-refractivity contribution < 1.29 is 14.2 Å². The second kappa shape index (κ2) is 9.13. The van der Waals surface area contributed by atoms with Gasteiger partial charge >= 0.3 is 0 Å². The quantitative estimate of drug-likeness (QED) is 0.724. The molecule has 0 bridgehead atoms. The number of methoxy groups -OCH3 is 2. The molecule has 2 rings (SSSR count). The number of ether oxygens (including phenoxy) is 3. The molecule has 0 spiro atoms. The molecule has 0 amide bonds. The lowest BCUT2D eigenvalue weighted by Crippen LogP contribution is -2.30. The maximum absolute atomic E-state index is 5.46. The molecule has 1 atom stereocenters. The molecule has 2 N–H and O–H groups in total. The van der Waals surface area contributed by atoms with Crippen LogP contribution in [0, 0.1) is 0 Å². The minimum atomic E-state index is 0.0585. The van der Waals surface area contributed by atoms with E-state index in [-0.39, 0.29) is 6.04 Å². The minimum absolute atomic E-state index is 0.0585. The first kappa shape index (κ1) is 18.9. The number of hydrogen-bond donors (Lipinski definition) is 2. The van der Waals surface area contributed by atoms with Crippen molar-refractivity contribution in [2.45, 2.75) is 19.9 Å². The van der Waals surface area contributed by atoms with E-state index >= 15 is 0 Å². The average Bonchev–Trinajstić information content (AvgIpc) is 2.62. The normalized spacial score (nSPS) is 11.4. The van der Waals surface area contributed by atoms with E-state index in [1.54, 1.807) is 14.2 Å². The molecule has 2 aromatic rings. The molecule has 0 aliphatic rings. The second-order valence-corrected chi connectivity index (χ2v) is 5.83. The van der Waals surface area contributed by atoms with E-state index in [9.17, 15) is 0 Å². The van der Waals surface area contributed by atoms with Crippen molar-refractivity contribution in [3.05, 3.63) is 48.0 Å². The summed E-state index contributed by atoms with van der Waals surface area (Å²) in [5, 5.41) is 6.95. The summed E-state index contributed by atoms with van der Waals surface area (Å²) < 4.78 is 16.0. The standard InChI is InChI=1S/C19H24N2O3S/c1-5-24-16-8-6-14(7-9-16)13(2)20-19(25)21-15-10-17(22-3)12-18(11-15)23-4/h6-13H,5H2,1-4H3,(H2,20,21,25). The molecule has 0 aliphatic heterocycles. The molecule has 6 heteroatoms. The van der Waals surface area contributed by atoms with Crippen molar-refractivity contribution in [1.82, 2.24) is 5.32 Å². The van der Waals surface area contributed by atoms with Gasteiger partial charge in [0.15, 0.2) is 5.11 Å². The first-order chi connectivity index (χ1) is 12.0. The average molecular weight is 360 g/mol. The highest BCUT2D eigenvalue weighted by Gasteiger charge is 2.09. The number of anilines is 1. The number of rotatable bonds is 7. The fourth-order valence-electron chi connectivity index (χ4n) is 2.35. The summed E-state index contributed by atoms with van der Waals surface area (Å²) in [5.74, 6) is 2.26. The van der Waals surface area contributed by atoms with Gasteiger partial charge in [0.1, 0.15) is 17.2 Å². The van der Waals surface area contributed by atoms with Gasteiger partial charge in [-0.3, -0.25) is 0 Å². The van der Waals surface area contributed by atoms with Crippen molar-refractivity contribution in [1.29, 1.82) is 0 Å².